The number of nitrogens with one attached hydrogen (secondary N) is 2. The van der Waals surface area contributed by atoms with Gasteiger partial charge in [0.1, 0.15) is 4.32 Å². The number of hydrogen-bond donors (Lipinski definition) is 2. The Balaban J connectivity index is 1.49. The third-order valence-corrected chi connectivity index (χ3v) is 6.42. The minimum atomic E-state index is -0.456. The molecule has 2 aromatic carbocycles. The first-order valence-corrected chi connectivity index (χ1v) is 11.7. The van der Waals surface area contributed by atoms with E-state index in [9.17, 15) is 14.4 Å². The van der Waals surface area contributed by atoms with Gasteiger partial charge in [0.2, 0.25) is 5.91 Å². The lowest BCUT2D eigenvalue weighted by Gasteiger charge is -2.14. The molecule has 3 rings (SSSR count). The zero-order chi connectivity index (χ0) is 24.7. The number of hydrazine groups is 1. The van der Waals surface area contributed by atoms with E-state index in [-0.39, 0.29) is 24.8 Å². The van der Waals surface area contributed by atoms with E-state index >= 15 is 0 Å². The molecule has 11 heteroatoms. The Kier molecular flexibility index (Phi) is 8.91. The SMILES string of the molecule is COc1ccc(/C=C2\SC(=S)N(CCCC(=O)NNC(=O)c3ccc(Cl)cc3)C2=O)cc1OC. The number of halogens is 1. The normalized spacial score (nSPS) is 14.3. The van der Waals surface area contributed by atoms with Crippen molar-refractivity contribution in [3.8, 4) is 11.5 Å². The number of thiocarbonyl (C=S) groups is 1. The molecule has 1 aliphatic rings. The zero-order valence-corrected chi connectivity index (χ0v) is 20.8. The van der Waals surface area contributed by atoms with Gasteiger partial charge >= 0.3 is 0 Å². The highest BCUT2D eigenvalue weighted by Gasteiger charge is 2.31. The lowest BCUT2D eigenvalue weighted by Crippen LogP contribution is -2.41. The molecule has 0 bridgehead atoms. The van der Waals surface area contributed by atoms with Crippen molar-refractivity contribution in [3.05, 3.63) is 63.5 Å². The molecule has 8 nitrogen and oxygen atoms in total. The molecule has 1 fully saturated rings. The Labute approximate surface area is 211 Å². The number of carbonyl (C=O) groups excluding carboxylic acids is 3. The molecule has 34 heavy (non-hydrogen) atoms. The van der Waals surface area contributed by atoms with Gasteiger partial charge in [0.25, 0.3) is 11.8 Å². The summed E-state index contributed by atoms with van der Waals surface area (Å²) < 4.78 is 11.0. The molecule has 0 aromatic heterocycles. The molecule has 3 amide bonds. The topological polar surface area (TPSA) is 97.0 Å². The first kappa shape index (κ1) is 25.5. The number of carbonyl (C=O) groups is 3. The van der Waals surface area contributed by atoms with E-state index in [1.807, 2.05) is 6.07 Å². The maximum absolute atomic E-state index is 12.8. The number of benzene rings is 2. The lowest BCUT2D eigenvalue weighted by molar-refractivity contribution is -0.124. The number of amides is 3. The van der Waals surface area contributed by atoms with Gasteiger partial charge in [-0.15, -0.1) is 0 Å². The van der Waals surface area contributed by atoms with Gasteiger partial charge in [-0.25, -0.2) is 0 Å². The Bertz CT molecular complexity index is 1140. The fourth-order valence-electron chi connectivity index (χ4n) is 3.05. The number of hydrogen-bond acceptors (Lipinski definition) is 7. The van der Waals surface area contributed by atoms with Crippen molar-refractivity contribution < 1.29 is 23.9 Å². The molecule has 0 saturated carbocycles. The third kappa shape index (κ3) is 6.49. The van der Waals surface area contributed by atoms with E-state index in [0.717, 1.165) is 5.56 Å². The number of ether oxygens (including phenoxy) is 2. The van der Waals surface area contributed by atoms with Crippen molar-refractivity contribution >= 4 is 63.7 Å². The molecule has 1 saturated heterocycles. The van der Waals surface area contributed by atoms with Gasteiger partial charge in [0, 0.05) is 23.6 Å². The van der Waals surface area contributed by atoms with Crippen LogP contribution in [0.5, 0.6) is 11.5 Å². The van der Waals surface area contributed by atoms with Crippen molar-refractivity contribution in [2.75, 3.05) is 20.8 Å². The van der Waals surface area contributed by atoms with Gasteiger partial charge in [0.15, 0.2) is 11.5 Å². The Morgan fingerprint density at radius 1 is 1.09 bits per heavy atom. The maximum atomic E-state index is 12.8. The molecule has 0 unspecified atom stereocenters. The van der Waals surface area contributed by atoms with Gasteiger partial charge in [-0.2, -0.15) is 0 Å². The van der Waals surface area contributed by atoms with Crippen LogP contribution in [-0.4, -0.2) is 47.7 Å². The maximum Gasteiger partial charge on any atom is 0.269 e. The molecular weight excluding hydrogens is 498 g/mol. The summed E-state index contributed by atoms with van der Waals surface area (Å²) in [4.78, 5) is 38.8. The van der Waals surface area contributed by atoms with Crippen molar-refractivity contribution in [1.29, 1.82) is 0 Å². The first-order valence-electron chi connectivity index (χ1n) is 10.1. The standard InChI is InChI=1S/C23H22ClN3O5S2/c1-31-17-10-5-14(12-18(17)32-2)13-19-22(30)27(23(33)34-19)11-3-4-20(28)25-26-21(29)15-6-8-16(24)9-7-15/h5-10,12-13H,3-4,11H2,1-2H3,(H,25,28)(H,26,29)/b19-13-. The quantitative estimate of drug-likeness (QED) is 0.311. The van der Waals surface area contributed by atoms with Crippen LogP contribution in [-0.2, 0) is 9.59 Å². The second kappa shape index (κ2) is 11.9. The van der Waals surface area contributed by atoms with Crippen LogP contribution in [0.15, 0.2) is 47.4 Å². The van der Waals surface area contributed by atoms with Crippen molar-refractivity contribution in [1.82, 2.24) is 15.8 Å². The summed E-state index contributed by atoms with van der Waals surface area (Å²) >= 11 is 12.3. The molecule has 0 aliphatic carbocycles. The molecule has 2 N–H and O–H groups in total. The lowest BCUT2D eigenvalue weighted by atomic mass is 10.2. The van der Waals surface area contributed by atoms with E-state index in [4.69, 9.17) is 33.3 Å². The monoisotopic (exact) mass is 519 g/mol. The number of thioether (sulfide) groups is 1. The van der Waals surface area contributed by atoms with Gasteiger partial charge in [-0.1, -0.05) is 41.6 Å². The highest BCUT2D eigenvalue weighted by atomic mass is 35.5. The molecule has 0 spiro atoms. The van der Waals surface area contributed by atoms with Gasteiger partial charge in [0.05, 0.1) is 19.1 Å². The highest BCUT2D eigenvalue weighted by Crippen LogP contribution is 2.34. The van der Waals surface area contributed by atoms with Crippen LogP contribution in [0.4, 0.5) is 0 Å². The number of nitrogens with zero attached hydrogens (tertiary/aromatic N) is 1. The molecular formula is C23H22ClN3O5S2. The van der Waals surface area contributed by atoms with Crippen LogP contribution in [0.25, 0.3) is 6.08 Å². The van der Waals surface area contributed by atoms with Crippen molar-refractivity contribution in [2.24, 2.45) is 0 Å². The smallest absolute Gasteiger partial charge is 0.269 e. The van der Waals surface area contributed by atoms with Crippen LogP contribution < -0.4 is 20.3 Å². The minimum absolute atomic E-state index is 0.104. The number of methoxy groups -OCH3 is 2. The average Bonchev–Trinajstić information content (AvgIpc) is 3.10. The largest absolute Gasteiger partial charge is 0.493 e. The minimum Gasteiger partial charge on any atom is -0.493 e. The molecule has 0 atom stereocenters. The summed E-state index contributed by atoms with van der Waals surface area (Å²) in [5, 5.41) is 0.509. The summed E-state index contributed by atoms with van der Waals surface area (Å²) in [5.41, 5.74) is 5.84. The third-order valence-electron chi connectivity index (χ3n) is 4.79. The van der Waals surface area contributed by atoms with E-state index in [2.05, 4.69) is 10.9 Å². The second-order valence-electron chi connectivity index (χ2n) is 7.06. The van der Waals surface area contributed by atoms with E-state index < -0.39 is 5.91 Å². The molecule has 0 radical (unpaired) electrons. The average molecular weight is 520 g/mol. The predicted octanol–water partition coefficient (Wildman–Crippen LogP) is 3.80. The van der Waals surface area contributed by atoms with E-state index in [0.29, 0.717) is 37.7 Å². The van der Waals surface area contributed by atoms with Crippen LogP contribution in [0, 0.1) is 0 Å². The summed E-state index contributed by atoms with van der Waals surface area (Å²) in [6.07, 6.45) is 2.21. The first-order chi connectivity index (χ1) is 16.3. The fourth-order valence-corrected chi connectivity index (χ4v) is 4.48. The Morgan fingerprint density at radius 3 is 2.47 bits per heavy atom. The Morgan fingerprint density at radius 2 is 1.79 bits per heavy atom. The highest BCUT2D eigenvalue weighted by molar-refractivity contribution is 8.26. The van der Waals surface area contributed by atoms with E-state index in [1.165, 1.54) is 16.7 Å². The van der Waals surface area contributed by atoms with Gasteiger partial charge < -0.3 is 9.47 Å². The fraction of sp³-hybridized carbons (Fsp3) is 0.217. The molecule has 2 aromatic rings. The predicted molar refractivity (Wildman–Crippen MR) is 136 cm³/mol. The van der Waals surface area contributed by atoms with E-state index in [1.54, 1.807) is 56.7 Å². The van der Waals surface area contributed by atoms with Crippen LogP contribution in [0.1, 0.15) is 28.8 Å². The molecule has 178 valence electrons. The Hall–Kier alpha value is -3.08. The molecule has 1 heterocycles. The molecule has 1 aliphatic heterocycles. The van der Waals surface area contributed by atoms with Crippen LogP contribution in [0.3, 0.4) is 0 Å². The van der Waals surface area contributed by atoms with Crippen molar-refractivity contribution in [2.45, 2.75) is 12.8 Å². The van der Waals surface area contributed by atoms with Crippen LogP contribution >= 0.6 is 35.6 Å². The summed E-state index contributed by atoms with van der Waals surface area (Å²) in [5.74, 6) is 0.0906. The second-order valence-corrected chi connectivity index (χ2v) is 9.17. The summed E-state index contributed by atoms with van der Waals surface area (Å²) in [6, 6.07) is 11.6. The zero-order valence-electron chi connectivity index (χ0n) is 18.4. The van der Waals surface area contributed by atoms with Gasteiger partial charge in [-0.3, -0.25) is 30.1 Å². The summed E-state index contributed by atoms with van der Waals surface area (Å²) in [7, 11) is 3.09. The van der Waals surface area contributed by atoms with Crippen LogP contribution in [0.2, 0.25) is 5.02 Å². The van der Waals surface area contributed by atoms with Gasteiger partial charge in [-0.05, 0) is 54.5 Å². The summed E-state index contributed by atoms with van der Waals surface area (Å²) in [6.45, 7) is 0.284. The number of rotatable bonds is 8. The van der Waals surface area contributed by atoms with Crippen molar-refractivity contribution in [3.63, 3.8) is 0 Å².